The maximum absolute atomic E-state index is 6.06. The Balaban J connectivity index is 2.16. The molecular weight excluding hydrogens is 262 g/mol. The first-order valence-electron chi connectivity index (χ1n) is 8.11. The van der Waals surface area contributed by atoms with Crippen LogP contribution < -0.4 is 10.1 Å². The minimum Gasteiger partial charge on any atom is -0.477 e. The molecule has 0 unspecified atom stereocenters. The molecule has 1 aliphatic carbocycles. The number of rotatable bonds is 4. The van der Waals surface area contributed by atoms with Crippen molar-refractivity contribution in [3.05, 3.63) is 11.4 Å². The average Bonchev–Trinajstić information content (AvgIpc) is 2.46. The molecule has 21 heavy (non-hydrogen) atoms. The van der Waals surface area contributed by atoms with Gasteiger partial charge in [0.25, 0.3) is 0 Å². The van der Waals surface area contributed by atoms with Gasteiger partial charge < -0.3 is 10.1 Å². The third kappa shape index (κ3) is 4.08. The molecule has 1 fully saturated rings. The van der Waals surface area contributed by atoms with Crippen LogP contribution in [-0.4, -0.2) is 23.6 Å². The second-order valence-corrected chi connectivity index (χ2v) is 7.14. The quantitative estimate of drug-likeness (QED) is 0.908. The van der Waals surface area contributed by atoms with Gasteiger partial charge in [-0.15, -0.1) is 0 Å². The van der Waals surface area contributed by atoms with Gasteiger partial charge in [0.1, 0.15) is 11.6 Å². The highest BCUT2D eigenvalue weighted by Crippen LogP contribution is 2.29. The second-order valence-electron chi connectivity index (χ2n) is 7.14. The summed E-state index contributed by atoms with van der Waals surface area (Å²) >= 11 is 0. The molecule has 4 nitrogen and oxygen atoms in total. The summed E-state index contributed by atoms with van der Waals surface area (Å²) in [5, 5.41) is 3.15. The lowest BCUT2D eigenvalue weighted by molar-refractivity contribution is 0.200. The molecule has 1 aromatic rings. The van der Waals surface area contributed by atoms with E-state index in [0.29, 0.717) is 5.92 Å². The Morgan fingerprint density at radius 3 is 2.38 bits per heavy atom. The Kier molecular flexibility index (Phi) is 5.07. The minimum atomic E-state index is -0.0811. The zero-order valence-corrected chi connectivity index (χ0v) is 14.1. The number of hydrogen-bond acceptors (Lipinski definition) is 4. The summed E-state index contributed by atoms with van der Waals surface area (Å²) in [7, 11) is 1.90. The van der Waals surface area contributed by atoms with Crippen LogP contribution in [0.25, 0.3) is 0 Å². The van der Waals surface area contributed by atoms with Crippen LogP contribution >= 0.6 is 0 Å². The predicted octanol–water partition coefficient (Wildman–Crippen LogP) is 4.08. The van der Waals surface area contributed by atoms with Crippen molar-refractivity contribution in [1.82, 2.24) is 9.97 Å². The molecule has 0 radical (unpaired) electrons. The third-order valence-electron chi connectivity index (χ3n) is 4.19. The lowest BCUT2D eigenvalue weighted by Crippen LogP contribution is -2.20. The zero-order valence-electron chi connectivity index (χ0n) is 14.1. The molecule has 118 valence electrons. The van der Waals surface area contributed by atoms with Gasteiger partial charge in [-0.25, -0.2) is 4.98 Å². The molecule has 1 saturated carbocycles. The lowest BCUT2D eigenvalue weighted by atomic mass is 9.90. The summed E-state index contributed by atoms with van der Waals surface area (Å²) in [6.45, 7) is 9.19. The van der Waals surface area contributed by atoms with Crippen molar-refractivity contribution in [3.63, 3.8) is 0 Å². The minimum absolute atomic E-state index is 0.0811. The van der Waals surface area contributed by atoms with Gasteiger partial charge in [0.15, 0.2) is 0 Å². The van der Waals surface area contributed by atoms with Crippen LogP contribution in [0.5, 0.6) is 5.88 Å². The summed E-state index contributed by atoms with van der Waals surface area (Å²) < 4.78 is 6.06. The summed E-state index contributed by atoms with van der Waals surface area (Å²) in [6.07, 6.45) is 6.63. The predicted molar refractivity (Wildman–Crippen MR) is 87.1 cm³/mol. The highest BCUT2D eigenvalue weighted by atomic mass is 16.5. The number of nitrogens with zero attached hydrogens (tertiary/aromatic N) is 2. The van der Waals surface area contributed by atoms with Crippen LogP contribution in [0.2, 0.25) is 0 Å². The molecule has 0 aromatic carbocycles. The second kappa shape index (κ2) is 6.63. The molecule has 0 atom stereocenters. The zero-order chi connectivity index (χ0) is 15.5. The Labute approximate surface area is 128 Å². The maximum atomic E-state index is 6.06. The Morgan fingerprint density at radius 2 is 1.81 bits per heavy atom. The Morgan fingerprint density at radius 1 is 1.14 bits per heavy atom. The fourth-order valence-electron chi connectivity index (χ4n) is 2.77. The maximum Gasteiger partial charge on any atom is 0.221 e. The molecule has 0 spiro atoms. The van der Waals surface area contributed by atoms with Crippen molar-refractivity contribution < 1.29 is 4.74 Å². The molecule has 0 saturated heterocycles. The van der Waals surface area contributed by atoms with Crippen LogP contribution in [-0.2, 0) is 5.41 Å². The summed E-state index contributed by atoms with van der Waals surface area (Å²) in [6, 6.07) is 0. The third-order valence-corrected chi connectivity index (χ3v) is 4.19. The van der Waals surface area contributed by atoms with Gasteiger partial charge in [-0.3, -0.25) is 0 Å². The van der Waals surface area contributed by atoms with Gasteiger partial charge in [-0.1, -0.05) is 40.0 Å². The van der Waals surface area contributed by atoms with Gasteiger partial charge in [0, 0.05) is 12.5 Å². The van der Waals surface area contributed by atoms with Crippen molar-refractivity contribution >= 4 is 5.82 Å². The Bertz CT molecular complexity index is 474. The SMILES string of the molecule is CNc1nc(C(C)(C)C)nc(OCC2CCCCC2)c1C. The van der Waals surface area contributed by atoms with Gasteiger partial charge >= 0.3 is 0 Å². The van der Waals surface area contributed by atoms with E-state index < -0.39 is 0 Å². The fraction of sp³-hybridized carbons (Fsp3) is 0.765. The van der Waals surface area contributed by atoms with Crippen molar-refractivity contribution in [2.75, 3.05) is 19.0 Å². The lowest BCUT2D eigenvalue weighted by Gasteiger charge is -2.23. The highest BCUT2D eigenvalue weighted by molar-refractivity contribution is 5.48. The fourth-order valence-corrected chi connectivity index (χ4v) is 2.77. The van der Waals surface area contributed by atoms with E-state index in [0.717, 1.165) is 29.7 Å². The first-order chi connectivity index (χ1) is 9.91. The Hall–Kier alpha value is -1.32. The van der Waals surface area contributed by atoms with Crippen LogP contribution in [0.4, 0.5) is 5.82 Å². The topological polar surface area (TPSA) is 47.0 Å². The average molecular weight is 291 g/mol. The van der Waals surface area contributed by atoms with E-state index in [4.69, 9.17) is 4.74 Å². The molecule has 2 rings (SSSR count). The van der Waals surface area contributed by atoms with E-state index >= 15 is 0 Å². The number of hydrogen-bond donors (Lipinski definition) is 1. The summed E-state index contributed by atoms with van der Waals surface area (Å²) in [5.74, 6) is 3.12. The summed E-state index contributed by atoms with van der Waals surface area (Å²) in [5.41, 5.74) is 0.920. The molecule has 1 N–H and O–H groups in total. The van der Waals surface area contributed by atoms with Crippen LogP contribution in [0.3, 0.4) is 0 Å². The van der Waals surface area contributed by atoms with Gasteiger partial charge in [-0.2, -0.15) is 4.98 Å². The molecule has 4 heteroatoms. The van der Waals surface area contributed by atoms with E-state index in [9.17, 15) is 0 Å². The van der Waals surface area contributed by atoms with Gasteiger partial charge in [-0.05, 0) is 25.7 Å². The van der Waals surface area contributed by atoms with Crippen LogP contribution in [0.15, 0.2) is 0 Å². The van der Waals surface area contributed by atoms with Crippen molar-refractivity contribution in [1.29, 1.82) is 0 Å². The molecule has 0 aliphatic heterocycles. The molecule has 0 amide bonds. The largest absolute Gasteiger partial charge is 0.477 e. The number of aromatic nitrogens is 2. The van der Waals surface area contributed by atoms with Crippen LogP contribution in [0.1, 0.15) is 64.3 Å². The molecule has 1 aliphatic rings. The number of nitrogens with one attached hydrogen (secondary N) is 1. The monoisotopic (exact) mass is 291 g/mol. The van der Waals surface area contributed by atoms with E-state index in [2.05, 4.69) is 36.1 Å². The molecular formula is C17H29N3O. The highest BCUT2D eigenvalue weighted by Gasteiger charge is 2.22. The normalized spacial score (nSPS) is 16.8. The van der Waals surface area contributed by atoms with Crippen LogP contribution in [0, 0.1) is 12.8 Å². The van der Waals surface area contributed by atoms with E-state index in [-0.39, 0.29) is 5.41 Å². The summed E-state index contributed by atoms with van der Waals surface area (Å²) in [4.78, 5) is 9.28. The standard InChI is InChI=1S/C17H29N3O/c1-12-14(18-5)19-16(17(2,3)4)20-15(12)21-11-13-9-7-6-8-10-13/h13H,6-11H2,1-5H3,(H,18,19,20). The first kappa shape index (κ1) is 16.1. The number of ether oxygens (including phenoxy) is 1. The molecule has 1 heterocycles. The van der Waals surface area contributed by atoms with E-state index in [1.807, 2.05) is 14.0 Å². The van der Waals surface area contributed by atoms with E-state index in [1.165, 1.54) is 32.1 Å². The molecule has 1 aromatic heterocycles. The molecule has 0 bridgehead atoms. The first-order valence-corrected chi connectivity index (χ1v) is 8.11. The number of anilines is 1. The van der Waals surface area contributed by atoms with Crippen molar-refractivity contribution in [3.8, 4) is 5.88 Å². The van der Waals surface area contributed by atoms with Crippen molar-refractivity contribution in [2.45, 2.75) is 65.2 Å². The van der Waals surface area contributed by atoms with Crippen molar-refractivity contribution in [2.24, 2.45) is 5.92 Å². The smallest absolute Gasteiger partial charge is 0.221 e. The van der Waals surface area contributed by atoms with Gasteiger partial charge in [0.2, 0.25) is 5.88 Å². The van der Waals surface area contributed by atoms with Gasteiger partial charge in [0.05, 0.1) is 12.2 Å². The van der Waals surface area contributed by atoms with E-state index in [1.54, 1.807) is 0 Å².